The summed E-state index contributed by atoms with van der Waals surface area (Å²) in [5, 5.41) is 52.1. The predicted molar refractivity (Wildman–Crippen MR) is 103 cm³/mol. The average Bonchev–Trinajstić information content (AvgIpc) is 2.66. The van der Waals surface area contributed by atoms with E-state index < -0.39 is 12.0 Å². The summed E-state index contributed by atoms with van der Waals surface area (Å²) >= 11 is 0. The Morgan fingerprint density at radius 1 is 0.857 bits per heavy atom. The maximum Gasteiger partial charge on any atom is 0.339 e. The number of hydrogen-bond donors (Lipinski definition) is 6. The standard InChI is InChI=1S/C21H19NO6/c23-14-6-8-18(24)12(9-14)10-17(15-3-1-2-4-19(15)25)22-13-5-7-20(26)16(11-13)21(27)28/h1-9,11,17,22-26H,10H2,(H,27,28). The molecule has 144 valence electrons. The maximum atomic E-state index is 11.3. The van der Waals surface area contributed by atoms with Crippen LogP contribution in [0.4, 0.5) is 5.69 Å². The third-order valence-corrected chi connectivity index (χ3v) is 4.37. The SMILES string of the molecule is O=C(O)c1cc(NC(Cc2cc(O)ccc2O)c2ccccc2O)ccc1O. The molecule has 3 aromatic carbocycles. The van der Waals surface area contributed by atoms with Crippen LogP contribution in [-0.4, -0.2) is 31.5 Å². The van der Waals surface area contributed by atoms with E-state index in [1.807, 2.05) is 0 Å². The third kappa shape index (κ3) is 4.09. The summed E-state index contributed by atoms with van der Waals surface area (Å²) in [6.07, 6.45) is 0.196. The molecule has 0 aliphatic carbocycles. The monoisotopic (exact) mass is 381 g/mol. The van der Waals surface area contributed by atoms with Crippen LogP contribution < -0.4 is 5.32 Å². The van der Waals surface area contributed by atoms with Crippen molar-refractivity contribution in [2.75, 3.05) is 5.32 Å². The zero-order chi connectivity index (χ0) is 20.3. The van der Waals surface area contributed by atoms with Crippen LogP contribution in [0.5, 0.6) is 23.0 Å². The van der Waals surface area contributed by atoms with Crippen molar-refractivity contribution in [1.82, 2.24) is 0 Å². The summed E-state index contributed by atoms with van der Waals surface area (Å²) in [5.41, 5.74) is 1.11. The van der Waals surface area contributed by atoms with Gasteiger partial charge in [0.05, 0.1) is 6.04 Å². The molecule has 28 heavy (non-hydrogen) atoms. The number of nitrogens with one attached hydrogen (secondary N) is 1. The summed E-state index contributed by atoms with van der Waals surface area (Å²) in [6.45, 7) is 0. The second kappa shape index (κ2) is 7.79. The van der Waals surface area contributed by atoms with Crippen molar-refractivity contribution >= 4 is 11.7 Å². The summed E-state index contributed by atoms with van der Waals surface area (Å²) in [7, 11) is 0. The highest BCUT2D eigenvalue weighted by Gasteiger charge is 2.19. The highest BCUT2D eigenvalue weighted by Crippen LogP contribution is 2.34. The van der Waals surface area contributed by atoms with Crippen LogP contribution >= 0.6 is 0 Å². The van der Waals surface area contributed by atoms with Crippen molar-refractivity contribution in [3.8, 4) is 23.0 Å². The Morgan fingerprint density at radius 3 is 2.29 bits per heavy atom. The Hall–Kier alpha value is -3.87. The average molecular weight is 381 g/mol. The normalized spacial score (nSPS) is 11.7. The molecule has 0 aliphatic rings. The number of hydrogen-bond acceptors (Lipinski definition) is 6. The molecule has 7 nitrogen and oxygen atoms in total. The molecule has 0 amide bonds. The summed E-state index contributed by atoms with van der Waals surface area (Å²) < 4.78 is 0. The highest BCUT2D eigenvalue weighted by molar-refractivity contribution is 5.92. The quantitative estimate of drug-likeness (QED) is 0.360. The van der Waals surface area contributed by atoms with Crippen LogP contribution in [0.15, 0.2) is 60.7 Å². The number of anilines is 1. The van der Waals surface area contributed by atoms with E-state index in [1.54, 1.807) is 18.2 Å². The minimum absolute atomic E-state index is 0.0124. The van der Waals surface area contributed by atoms with Crippen molar-refractivity contribution in [2.45, 2.75) is 12.5 Å². The lowest BCUT2D eigenvalue weighted by molar-refractivity contribution is 0.0693. The molecular weight excluding hydrogens is 362 g/mol. The molecule has 3 aromatic rings. The Balaban J connectivity index is 2.00. The third-order valence-electron chi connectivity index (χ3n) is 4.37. The van der Waals surface area contributed by atoms with Gasteiger partial charge in [-0.05, 0) is 48.0 Å². The number of aromatic carboxylic acids is 1. The summed E-state index contributed by atoms with van der Waals surface area (Å²) in [4.78, 5) is 11.3. The fourth-order valence-electron chi connectivity index (χ4n) is 2.97. The Bertz CT molecular complexity index is 1020. The molecule has 0 fully saturated rings. The Labute approximate surface area is 160 Å². The smallest absolute Gasteiger partial charge is 0.339 e. The van der Waals surface area contributed by atoms with E-state index in [9.17, 15) is 30.3 Å². The lowest BCUT2D eigenvalue weighted by atomic mass is 9.96. The number of para-hydroxylation sites is 1. The first kappa shape index (κ1) is 18.9. The van der Waals surface area contributed by atoms with Crippen LogP contribution in [0.3, 0.4) is 0 Å². The maximum absolute atomic E-state index is 11.3. The van der Waals surface area contributed by atoms with Crippen molar-refractivity contribution in [3.63, 3.8) is 0 Å². The fraction of sp³-hybridized carbons (Fsp3) is 0.0952. The van der Waals surface area contributed by atoms with E-state index in [2.05, 4.69) is 5.32 Å². The van der Waals surface area contributed by atoms with E-state index in [1.165, 1.54) is 42.5 Å². The summed E-state index contributed by atoms with van der Waals surface area (Å²) in [6, 6.07) is 14.3. The first-order valence-electron chi connectivity index (χ1n) is 8.46. The first-order valence-corrected chi connectivity index (χ1v) is 8.46. The fourth-order valence-corrected chi connectivity index (χ4v) is 2.97. The molecule has 0 aliphatic heterocycles. The van der Waals surface area contributed by atoms with Crippen molar-refractivity contribution < 1.29 is 30.3 Å². The molecule has 0 radical (unpaired) electrons. The first-order chi connectivity index (χ1) is 13.3. The van der Waals surface area contributed by atoms with E-state index in [4.69, 9.17) is 0 Å². The van der Waals surface area contributed by atoms with Crippen LogP contribution in [0, 0.1) is 0 Å². The van der Waals surface area contributed by atoms with Gasteiger partial charge in [0.15, 0.2) is 0 Å². The number of carboxylic acids is 1. The van der Waals surface area contributed by atoms with E-state index in [0.29, 0.717) is 16.8 Å². The molecular formula is C21H19NO6. The molecule has 0 aromatic heterocycles. The van der Waals surface area contributed by atoms with Gasteiger partial charge in [-0.15, -0.1) is 0 Å². The minimum Gasteiger partial charge on any atom is -0.508 e. The predicted octanol–water partition coefficient (Wildman–Crippen LogP) is 3.60. The van der Waals surface area contributed by atoms with Gasteiger partial charge in [-0.3, -0.25) is 0 Å². The van der Waals surface area contributed by atoms with Gasteiger partial charge in [0.25, 0.3) is 0 Å². The van der Waals surface area contributed by atoms with Crippen LogP contribution in [0.25, 0.3) is 0 Å². The molecule has 0 spiro atoms. The number of aromatic hydroxyl groups is 4. The van der Waals surface area contributed by atoms with Crippen molar-refractivity contribution in [1.29, 1.82) is 0 Å². The zero-order valence-corrected chi connectivity index (χ0v) is 14.7. The minimum atomic E-state index is -1.27. The van der Waals surface area contributed by atoms with Crippen LogP contribution in [0.2, 0.25) is 0 Å². The van der Waals surface area contributed by atoms with Crippen LogP contribution in [-0.2, 0) is 6.42 Å². The van der Waals surface area contributed by atoms with Gasteiger partial charge in [-0.1, -0.05) is 18.2 Å². The van der Waals surface area contributed by atoms with Crippen molar-refractivity contribution in [3.05, 3.63) is 77.4 Å². The van der Waals surface area contributed by atoms with E-state index in [0.717, 1.165) is 0 Å². The van der Waals surface area contributed by atoms with Crippen LogP contribution in [0.1, 0.15) is 27.5 Å². The number of carboxylic acid groups (broad SMARTS) is 1. The van der Waals surface area contributed by atoms with Gasteiger partial charge in [0.2, 0.25) is 0 Å². The number of rotatable bonds is 6. The largest absolute Gasteiger partial charge is 0.508 e. The summed E-state index contributed by atoms with van der Waals surface area (Å²) in [5.74, 6) is -1.64. The van der Waals surface area contributed by atoms with Gasteiger partial charge < -0.3 is 30.8 Å². The zero-order valence-electron chi connectivity index (χ0n) is 14.7. The van der Waals surface area contributed by atoms with Gasteiger partial charge in [0, 0.05) is 17.7 Å². The van der Waals surface area contributed by atoms with E-state index >= 15 is 0 Å². The Morgan fingerprint density at radius 2 is 1.57 bits per heavy atom. The van der Waals surface area contributed by atoms with Crippen molar-refractivity contribution in [2.24, 2.45) is 0 Å². The molecule has 0 bridgehead atoms. The molecule has 6 N–H and O–H groups in total. The van der Waals surface area contributed by atoms with Gasteiger partial charge >= 0.3 is 5.97 Å². The number of phenolic OH excluding ortho intramolecular Hbond substituents is 3. The number of benzene rings is 3. The lowest BCUT2D eigenvalue weighted by Crippen LogP contribution is -2.14. The second-order valence-electron chi connectivity index (χ2n) is 6.31. The molecule has 0 saturated carbocycles. The van der Waals surface area contributed by atoms with Gasteiger partial charge in [0.1, 0.15) is 28.6 Å². The second-order valence-corrected chi connectivity index (χ2v) is 6.31. The number of phenols is 4. The molecule has 1 atom stereocenters. The molecule has 3 rings (SSSR count). The van der Waals surface area contributed by atoms with E-state index in [-0.39, 0.29) is 35.0 Å². The van der Waals surface area contributed by atoms with Gasteiger partial charge in [-0.2, -0.15) is 0 Å². The molecule has 7 heteroatoms. The topological polar surface area (TPSA) is 130 Å². The van der Waals surface area contributed by atoms with Gasteiger partial charge in [-0.25, -0.2) is 4.79 Å². The lowest BCUT2D eigenvalue weighted by Gasteiger charge is -2.22. The molecule has 1 unspecified atom stereocenters. The molecule has 0 heterocycles. The molecule has 0 saturated heterocycles. The Kier molecular flexibility index (Phi) is 5.26. The number of carbonyl (C=O) groups is 1. The highest BCUT2D eigenvalue weighted by atomic mass is 16.4.